The van der Waals surface area contributed by atoms with Crippen molar-refractivity contribution in [3.8, 4) is 0 Å². The molecule has 0 fully saturated rings. The lowest BCUT2D eigenvalue weighted by Gasteiger charge is -2.19. The van der Waals surface area contributed by atoms with E-state index < -0.39 is 17.5 Å². The van der Waals surface area contributed by atoms with Gasteiger partial charge in [-0.1, -0.05) is 0 Å². The molecule has 0 amide bonds. The normalized spacial score (nSPS) is 11.0. The van der Waals surface area contributed by atoms with Gasteiger partial charge in [-0.15, -0.1) is 0 Å². The third-order valence-corrected chi connectivity index (χ3v) is 1.91. The summed E-state index contributed by atoms with van der Waals surface area (Å²) in [4.78, 5) is 33.8. The summed E-state index contributed by atoms with van der Waals surface area (Å²) in [6.45, 7) is 7.39. The van der Waals surface area contributed by atoms with Crippen molar-refractivity contribution >= 4 is 17.7 Å². The number of Topliss-reactive ketones (excluding diaryl/α,β-unsaturated/α-hetero) is 1. The van der Waals surface area contributed by atoms with Gasteiger partial charge >= 0.3 is 11.9 Å². The van der Waals surface area contributed by atoms with E-state index in [0.29, 0.717) is 6.61 Å². The van der Waals surface area contributed by atoms with E-state index in [1.807, 2.05) is 0 Å². The van der Waals surface area contributed by atoms with Crippen LogP contribution in [-0.4, -0.2) is 56.1 Å². The molecule has 0 aliphatic carbocycles. The topological polar surface area (TPSA) is 93.7 Å². The number of carbonyl (C=O) groups excluding carboxylic acids is 3. The van der Waals surface area contributed by atoms with Crippen LogP contribution < -0.4 is 10.6 Å². The molecule has 0 atom stereocenters. The van der Waals surface area contributed by atoms with Crippen LogP contribution in [0.5, 0.6) is 0 Å². The van der Waals surface area contributed by atoms with Gasteiger partial charge in [0.25, 0.3) is 0 Å². The van der Waals surface area contributed by atoms with Crippen molar-refractivity contribution in [2.75, 3.05) is 32.8 Å². The fraction of sp³-hybridized carbons (Fsp3) is 0.769. The van der Waals surface area contributed by atoms with E-state index in [2.05, 4.69) is 10.6 Å². The van der Waals surface area contributed by atoms with Crippen LogP contribution in [0.4, 0.5) is 0 Å². The van der Waals surface area contributed by atoms with Gasteiger partial charge in [-0.25, -0.2) is 0 Å². The minimum absolute atomic E-state index is 0.00829. The van der Waals surface area contributed by atoms with Crippen LogP contribution in [0.2, 0.25) is 0 Å². The van der Waals surface area contributed by atoms with Gasteiger partial charge in [0.2, 0.25) is 0 Å². The molecule has 0 heterocycles. The van der Waals surface area contributed by atoms with Gasteiger partial charge in [0.05, 0.1) is 32.8 Å². The Labute approximate surface area is 119 Å². The summed E-state index contributed by atoms with van der Waals surface area (Å²) in [5, 5.41) is 5.36. The van der Waals surface area contributed by atoms with Gasteiger partial charge in [-0.05, 0) is 27.7 Å². The summed E-state index contributed by atoms with van der Waals surface area (Å²) in [5.41, 5.74) is -0.538. The van der Waals surface area contributed by atoms with Crippen LogP contribution in [0.3, 0.4) is 0 Å². The van der Waals surface area contributed by atoms with Crippen LogP contribution >= 0.6 is 0 Å². The Morgan fingerprint density at radius 3 is 1.85 bits per heavy atom. The quantitative estimate of drug-likeness (QED) is 0.559. The zero-order valence-corrected chi connectivity index (χ0v) is 12.6. The lowest BCUT2D eigenvalue weighted by Crippen LogP contribution is -2.37. The average molecular weight is 288 g/mol. The van der Waals surface area contributed by atoms with E-state index in [-0.39, 0.29) is 32.0 Å². The molecule has 0 bridgehead atoms. The van der Waals surface area contributed by atoms with Gasteiger partial charge in [0.1, 0.15) is 5.60 Å². The number of nitrogens with one attached hydrogen (secondary N) is 2. The Hall–Kier alpha value is -1.47. The lowest BCUT2D eigenvalue weighted by molar-refractivity contribution is -0.153. The summed E-state index contributed by atoms with van der Waals surface area (Å²) in [6, 6.07) is 0. The Kier molecular flexibility index (Phi) is 8.74. The number of carbonyl (C=O) groups is 3. The first-order chi connectivity index (χ1) is 9.24. The maximum atomic E-state index is 11.4. The summed E-state index contributed by atoms with van der Waals surface area (Å²) in [5.74, 6) is -0.968. The summed E-state index contributed by atoms with van der Waals surface area (Å²) in [6.07, 6.45) is 0. The van der Waals surface area contributed by atoms with E-state index >= 15 is 0 Å². The smallest absolute Gasteiger partial charge is 0.320 e. The van der Waals surface area contributed by atoms with Crippen LogP contribution in [0.15, 0.2) is 0 Å². The first kappa shape index (κ1) is 18.5. The molecule has 0 radical (unpaired) electrons. The molecule has 20 heavy (non-hydrogen) atoms. The highest BCUT2D eigenvalue weighted by Gasteiger charge is 2.15. The zero-order chi connectivity index (χ0) is 15.6. The molecule has 0 saturated heterocycles. The molecule has 0 unspecified atom stereocenters. The highest BCUT2D eigenvalue weighted by atomic mass is 16.6. The van der Waals surface area contributed by atoms with E-state index in [1.54, 1.807) is 27.7 Å². The molecule has 0 aromatic carbocycles. The van der Waals surface area contributed by atoms with E-state index in [4.69, 9.17) is 9.47 Å². The van der Waals surface area contributed by atoms with Crippen molar-refractivity contribution in [1.29, 1.82) is 0 Å². The van der Waals surface area contributed by atoms with Gasteiger partial charge in [0, 0.05) is 0 Å². The molecule has 0 aliphatic heterocycles. The zero-order valence-electron chi connectivity index (χ0n) is 12.6. The molecule has 7 heteroatoms. The predicted molar refractivity (Wildman–Crippen MR) is 73.2 cm³/mol. The SMILES string of the molecule is CCOC(=O)CNCC(=O)CNCC(=O)OC(C)(C)C. The number of esters is 2. The minimum Gasteiger partial charge on any atom is -0.465 e. The standard InChI is InChI=1S/C13H24N2O5/c1-5-19-11(17)8-14-6-10(16)7-15-9-12(18)20-13(2,3)4/h14-15H,5-9H2,1-4H3. The molecular formula is C13H24N2O5. The number of rotatable bonds is 9. The first-order valence-corrected chi connectivity index (χ1v) is 6.55. The molecule has 0 aromatic rings. The summed E-state index contributed by atoms with van der Waals surface area (Å²) < 4.78 is 9.76. The van der Waals surface area contributed by atoms with E-state index in [1.165, 1.54) is 0 Å². The minimum atomic E-state index is -0.538. The van der Waals surface area contributed by atoms with Crippen LogP contribution in [0.25, 0.3) is 0 Å². The Balaban J connectivity index is 3.64. The van der Waals surface area contributed by atoms with Gasteiger partial charge in [0.15, 0.2) is 5.78 Å². The number of ether oxygens (including phenoxy) is 2. The summed E-state index contributed by atoms with van der Waals surface area (Å²) >= 11 is 0. The van der Waals surface area contributed by atoms with Gasteiger partial charge in [-0.3, -0.25) is 14.4 Å². The molecule has 0 spiro atoms. The maximum Gasteiger partial charge on any atom is 0.320 e. The largest absolute Gasteiger partial charge is 0.465 e. The Morgan fingerprint density at radius 1 is 0.900 bits per heavy atom. The molecule has 116 valence electrons. The van der Waals surface area contributed by atoms with Crippen LogP contribution in [0.1, 0.15) is 27.7 Å². The number of hydrogen-bond acceptors (Lipinski definition) is 7. The lowest BCUT2D eigenvalue weighted by atomic mass is 10.2. The van der Waals surface area contributed by atoms with E-state index in [0.717, 1.165) is 0 Å². The molecule has 0 aliphatic rings. The second-order valence-corrected chi connectivity index (χ2v) is 5.14. The Morgan fingerprint density at radius 2 is 1.40 bits per heavy atom. The first-order valence-electron chi connectivity index (χ1n) is 6.55. The molecular weight excluding hydrogens is 264 g/mol. The highest BCUT2D eigenvalue weighted by molar-refractivity contribution is 5.83. The predicted octanol–water partition coefficient (Wildman–Crippen LogP) is -0.360. The van der Waals surface area contributed by atoms with Crippen LogP contribution in [-0.2, 0) is 23.9 Å². The maximum absolute atomic E-state index is 11.4. The van der Waals surface area contributed by atoms with Crippen molar-refractivity contribution < 1.29 is 23.9 Å². The fourth-order valence-corrected chi connectivity index (χ4v) is 1.26. The van der Waals surface area contributed by atoms with Crippen molar-refractivity contribution in [2.45, 2.75) is 33.3 Å². The average Bonchev–Trinajstić information content (AvgIpc) is 2.26. The van der Waals surface area contributed by atoms with Crippen molar-refractivity contribution in [3.63, 3.8) is 0 Å². The van der Waals surface area contributed by atoms with Gasteiger partial charge in [-0.2, -0.15) is 0 Å². The van der Waals surface area contributed by atoms with Crippen molar-refractivity contribution in [3.05, 3.63) is 0 Å². The summed E-state index contributed by atoms with van der Waals surface area (Å²) in [7, 11) is 0. The van der Waals surface area contributed by atoms with Crippen molar-refractivity contribution in [2.24, 2.45) is 0 Å². The molecule has 0 rings (SSSR count). The molecule has 0 saturated carbocycles. The third-order valence-electron chi connectivity index (χ3n) is 1.91. The number of ketones is 1. The number of hydrogen-bond donors (Lipinski definition) is 2. The van der Waals surface area contributed by atoms with E-state index in [9.17, 15) is 14.4 Å². The highest BCUT2D eigenvalue weighted by Crippen LogP contribution is 2.05. The molecule has 7 nitrogen and oxygen atoms in total. The van der Waals surface area contributed by atoms with Crippen molar-refractivity contribution in [1.82, 2.24) is 10.6 Å². The second kappa shape index (κ2) is 9.44. The second-order valence-electron chi connectivity index (χ2n) is 5.14. The molecule has 2 N–H and O–H groups in total. The third kappa shape index (κ3) is 11.6. The fourth-order valence-electron chi connectivity index (χ4n) is 1.26. The monoisotopic (exact) mass is 288 g/mol. The van der Waals surface area contributed by atoms with Crippen LogP contribution in [0, 0.1) is 0 Å². The Bertz CT molecular complexity index is 336. The van der Waals surface area contributed by atoms with Gasteiger partial charge < -0.3 is 20.1 Å². The molecule has 0 aromatic heterocycles.